The number of hydrogen-bond acceptors (Lipinski definition) is 6. The van der Waals surface area contributed by atoms with Gasteiger partial charge in [-0.3, -0.25) is 15.0 Å². The normalized spacial score (nSPS) is 26.0. The first kappa shape index (κ1) is 21.6. The number of ether oxygens (including phenoxy) is 1. The van der Waals surface area contributed by atoms with Crippen molar-refractivity contribution in [2.75, 3.05) is 43.5 Å². The van der Waals surface area contributed by atoms with Gasteiger partial charge in [0.05, 0.1) is 28.3 Å². The van der Waals surface area contributed by atoms with Gasteiger partial charge in [-0.05, 0) is 47.7 Å². The predicted molar refractivity (Wildman–Crippen MR) is 110 cm³/mol. The van der Waals surface area contributed by atoms with Crippen molar-refractivity contribution in [3.63, 3.8) is 0 Å². The van der Waals surface area contributed by atoms with Crippen LogP contribution in [0.1, 0.15) is 25.7 Å². The Morgan fingerprint density at radius 2 is 1.90 bits per heavy atom. The van der Waals surface area contributed by atoms with Crippen LogP contribution in [0.2, 0.25) is 0 Å². The van der Waals surface area contributed by atoms with Gasteiger partial charge in [0, 0.05) is 36.7 Å². The van der Waals surface area contributed by atoms with E-state index >= 15 is 0 Å². The molecule has 0 bridgehead atoms. The van der Waals surface area contributed by atoms with Gasteiger partial charge in [-0.1, -0.05) is 0 Å². The zero-order chi connectivity index (χ0) is 21.5. The summed E-state index contributed by atoms with van der Waals surface area (Å²) >= 11 is 3.26. The molecule has 1 spiro atoms. The number of nitro groups is 1. The fourth-order valence-corrected chi connectivity index (χ4v) is 5.23. The fourth-order valence-electron chi connectivity index (χ4n) is 4.64. The van der Waals surface area contributed by atoms with E-state index in [1.807, 2.05) is 0 Å². The number of hydrogen-bond donors (Lipinski definition) is 2. The summed E-state index contributed by atoms with van der Waals surface area (Å²) in [7, 11) is 0. The molecule has 7 nitrogen and oxygen atoms in total. The fraction of sp³-hybridized carbons (Fsp3) is 0.684. The SMILES string of the molecule is O=[N+]([O-])c1ccc(NC2CCC(N3CC4(COC4)C3)CC2)c(Br)c1NCC(F)(F)F. The van der Waals surface area contributed by atoms with Gasteiger partial charge in [-0.2, -0.15) is 13.2 Å². The molecule has 3 aliphatic rings. The summed E-state index contributed by atoms with van der Waals surface area (Å²) in [4.78, 5) is 13.1. The van der Waals surface area contributed by atoms with Crippen LogP contribution in [0.3, 0.4) is 0 Å². The van der Waals surface area contributed by atoms with Crippen molar-refractivity contribution in [2.45, 2.75) is 43.9 Å². The smallest absolute Gasteiger partial charge is 0.381 e. The second-order valence-corrected chi connectivity index (χ2v) is 9.39. The highest BCUT2D eigenvalue weighted by atomic mass is 79.9. The Morgan fingerprint density at radius 1 is 1.23 bits per heavy atom. The van der Waals surface area contributed by atoms with Gasteiger partial charge in [0.1, 0.15) is 12.2 Å². The van der Waals surface area contributed by atoms with E-state index in [4.69, 9.17) is 4.74 Å². The van der Waals surface area contributed by atoms with E-state index in [1.165, 1.54) is 6.07 Å². The largest absolute Gasteiger partial charge is 0.405 e. The average molecular weight is 493 g/mol. The van der Waals surface area contributed by atoms with E-state index in [-0.39, 0.29) is 16.2 Å². The lowest BCUT2D eigenvalue weighted by Crippen LogP contribution is -2.68. The van der Waals surface area contributed by atoms with E-state index < -0.39 is 23.3 Å². The predicted octanol–water partition coefficient (Wildman–Crippen LogP) is 4.39. The van der Waals surface area contributed by atoms with Crippen LogP contribution in [0.4, 0.5) is 30.2 Å². The number of nitrogens with zero attached hydrogens (tertiary/aromatic N) is 2. The molecule has 0 radical (unpaired) electrons. The van der Waals surface area contributed by atoms with E-state index in [9.17, 15) is 23.3 Å². The summed E-state index contributed by atoms with van der Waals surface area (Å²) in [6.45, 7) is 2.62. The Morgan fingerprint density at radius 3 is 2.43 bits per heavy atom. The van der Waals surface area contributed by atoms with Gasteiger partial charge >= 0.3 is 6.18 Å². The second kappa shape index (κ2) is 8.16. The minimum Gasteiger partial charge on any atom is -0.381 e. The van der Waals surface area contributed by atoms with Crippen LogP contribution >= 0.6 is 15.9 Å². The molecular weight excluding hydrogens is 469 g/mol. The lowest BCUT2D eigenvalue weighted by molar-refractivity contribution is -0.384. The lowest BCUT2D eigenvalue weighted by Gasteiger charge is -2.58. The van der Waals surface area contributed by atoms with Crippen LogP contribution in [0, 0.1) is 15.5 Å². The molecule has 1 aromatic rings. The summed E-state index contributed by atoms with van der Waals surface area (Å²) in [6.07, 6.45) is -0.480. The van der Waals surface area contributed by atoms with Crippen molar-refractivity contribution in [3.05, 3.63) is 26.7 Å². The van der Waals surface area contributed by atoms with Crippen molar-refractivity contribution in [2.24, 2.45) is 5.41 Å². The highest BCUT2D eigenvalue weighted by Gasteiger charge is 2.50. The van der Waals surface area contributed by atoms with Crippen LogP contribution in [0.5, 0.6) is 0 Å². The van der Waals surface area contributed by atoms with Crippen molar-refractivity contribution in [3.8, 4) is 0 Å². The summed E-state index contributed by atoms with van der Waals surface area (Å²) in [5.74, 6) is 0. The highest BCUT2D eigenvalue weighted by molar-refractivity contribution is 9.10. The number of anilines is 2. The highest BCUT2D eigenvalue weighted by Crippen LogP contribution is 2.42. The maximum absolute atomic E-state index is 12.6. The average Bonchev–Trinajstić information content (AvgIpc) is 2.60. The number of alkyl halides is 3. The molecule has 11 heteroatoms. The van der Waals surface area contributed by atoms with Crippen LogP contribution in [-0.4, -0.2) is 60.9 Å². The van der Waals surface area contributed by atoms with Crippen LogP contribution < -0.4 is 10.6 Å². The number of nitrogens with one attached hydrogen (secondary N) is 2. The third-order valence-electron chi connectivity index (χ3n) is 6.25. The maximum Gasteiger partial charge on any atom is 0.405 e. The lowest BCUT2D eigenvalue weighted by atomic mass is 9.75. The van der Waals surface area contributed by atoms with Gasteiger partial charge in [0.15, 0.2) is 0 Å². The molecule has 2 N–H and O–H groups in total. The minimum atomic E-state index is -4.48. The number of rotatable bonds is 6. The van der Waals surface area contributed by atoms with E-state index in [0.717, 1.165) is 52.0 Å². The van der Waals surface area contributed by atoms with Crippen LogP contribution in [0.15, 0.2) is 16.6 Å². The molecule has 0 unspecified atom stereocenters. The van der Waals surface area contributed by atoms with Gasteiger partial charge in [-0.25, -0.2) is 0 Å². The molecule has 1 saturated carbocycles. The quantitative estimate of drug-likeness (QED) is 0.452. The van der Waals surface area contributed by atoms with E-state index in [2.05, 4.69) is 31.5 Å². The topological polar surface area (TPSA) is 79.7 Å². The summed E-state index contributed by atoms with van der Waals surface area (Å²) in [5.41, 5.74) is 0.401. The number of nitro benzene ring substituents is 1. The second-order valence-electron chi connectivity index (χ2n) is 8.59. The van der Waals surface area contributed by atoms with Crippen LogP contribution in [0.25, 0.3) is 0 Å². The zero-order valence-electron chi connectivity index (χ0n) is 16.3. The first-order valence-electron chi connectivity index (χ1n) is 10.0. The summed E-state index contributed by atoms with van der Waals surface area (Å²) in [6, 6.07) is 3.52. The first-order valence-corrected chi connectivity index (χ1v) is 10.8. The molecule has 2 aliphatic heterocycles. The zero-order valence-corrected chi connectivity index (χ0v) is 17.9. The number of benzene rings is 1. The van der Waals surface area contributed by atoms with Gasteiger partial charge < -0.3 is 15.4 Å². The van der Waals surface area contributed by atoms with Gasteiger partial charge in [0.25, 0.3) is 5.69 Å². The molecule has 1 aliphatic carbocycles. The molecule has 1 aromatic carbocycles. The van der Waals surface area contributed by atoms with Gasteiger partial charge in [0.2, 0.25) is 0 Å². The molecule has 2 heterocycles. The Hall–Kier alpha value is -1.59. The molecule has 3 fully saturated rings. The van der Waals surface area contributed by atoms with Crippen molar-refractivity contribution >= 4 is 33.0 Å². The van der Waals surface area contributed by atoms with Crippen molar-refractivity contribution in [1.29, 1.82) is 0 Å². The van der Waals surface area contributed by atoms with E-state index in [0.29, 0.717) is 17.1 Å². The Bertz CT molecular complexity index is 803. The van der Waals surface area contributed by atoms with Crippen molar-refractivity contribution in [1.82, 2.24) is 4.90 Å². The van der Waals surface area contributed by atoms with Crippen LogP contribution in [-0.2, 0) is 4.74 Å². The third-order valence-corrected chi connectivity index (χ3v) is 7.07. The molecule has 30 heavy (non-hydrogen) atoms. The van der Waals surface area contributed by atoms with Crippen molar-refractivity contribution < 1.29 is 22.8 Å². The monoisotopic (exact) mass is 492 g/mol. The summed E-state index contributed by atoms with van der Waals surface area (Å²) < 4.78 is 43.4. The maximum atomic E-state index is 12.6. The Balaban J connectivity index is 1.36. The molecule has 166 valence electrons. The number of likely N-dealkylation sites (tertiary alicyclic amines) is 1. The minimum absolute atomic E-state index is 0.162. The summed E-state index contributed by atoms with van der Waals surface area (Å²) in [5, 5.41) is 16.8. The Labute approximate surface area is 180 Å². The molecule has 4 rings (SSSR count). The molecule has 0 amide bonds. The third kappa shape index (κ3) is 4.52. The molecule has 2 saturated heterocycles. The number of halogens is 4. The molecule has 0 atom stereocenters. The Kier molecular flexibility index (Phi) is 5.88. The van der Waals surface area contributed by atoms with Gasteiger partial charge in [-0.15, -0.1) is 0 Å². The van der Waals surface area contributed by atoms with E-state index in [1.54, 1.807) is 6.07 Å². The molecular formula is C19H24BrF3N4O3. The standard InChI is InChI=1S/C19H24BrF3N4O3/c20-16-14(5-6-15(27(28)29)17(16)24-7-19(21,22)23)25-12-1-3-13(4-2-12)26-8-18(9-26)10-30-11-18/h5-6,12-13,24-25H,1-4,7-11H2. The first-order chi connectivity index (χ1) is 14.2. The molecule has 0 aromatic heterocycles.